The quantitative estimate of drug-likeness (QED) is 0.836. The van der Waals surface area contributed by atoms with Crippen molar-refractivity contribution in [3.8, 4) is 0 Å². The predicted molar refractivity (Wildman–Crippen MR) is 73.2 cm³/mol. The van der Waals surface area contributed by atoms with E-state index in [1.165, 1.54) is 25.7 Å². The monoisotopic (exact) mass is 246 g/mol. The Bertz CT molecular complexity index is 383. The summed E-state index contributed by atoms with van der Waals surface area (Å²) in [6, 6.07) is 9.99. The molecule has 3 heteroatoms. The van der Waals surface area contributed by atoms with Crippen molar-refractivity contribution in [2.24, 2.45) is 0 Å². The Labute approximate surface area is 109 Å². The molecule has 1 aliphatic rings. The minimum atomic E-state index is 0.0759. The maximum absolute atomic E-state index is 11.7. The van der Waals surface area contributed by atoms with Crippen LogP contribution >= 0.6 is 0 Å². The molecule has 3 nitrogen and oxygen atoms in total. The zero-order chi connectivity index (χ0) is 12.8. The first-order chi connectivity index (χ1) is 8.68. The van der Waals surface area contributed by atoms with Gasteiger partial charge >= 0.3 is 0 Å². The van der Waals surface area contributed by atoms with Crippen LogP contribution in [0, 0.1) is 0 Å². The van der Waals surface area contributed by atoms with Crippen molar-refractivity contribution < 1.29 is 4.79 Å². The van der Waals surface area contributed by atoms with Crippen molar-refractivity contribution in [1.82, 2.24) is 10.6 Å². The second-order valence-electron chi connectivity index (χ2n) is 5.38. The molecule has 0 spiro atoms. The Balaban J connectivity index is 1.69. The lowest BCUT2D eigenvalue weighted by Crippen LogP contribution is -2.45. The van der Waals surface area contributed by atoms with Crippen LogP contribution in [-0.2, 0) is 11.3 Å². The van der Waals surface area contributed by atoms with Gasteiger partial charge in [0.05, 0.1) is 6.54 Å². The van der Waals surface area contributed by atoms with E-state index in [2.05, 4.69) is 17.6 Å². The molecule has 0 atom stereocenters. The molecule has 1 aliphatic carbocycles. The Morgan fingerprint density at radius 3 is 2.56 bits per heavy atom. The average molecular weight is 246 g/mol. The maximum Gasteiger partial charge on any atom is 0.234 e. The highest BCUT2D eigenvalue weighted by Crippen LogP contribution is 2.28. The van der Waals surface area contributed by atoms with E-state index in [1.54, 1.807) is 0 Å². The van der Waals surface area contributed by atoms with Crippen molar-refractivity contribution in [3.05, 3.63) is 35.9 Å². The van der Waals surface area contributed by atoms with Crippen LogP contribution in [0.3, 0.4) is 0 Å². The van der Waals surface area contributed by atoms with Crippen LogP contribution in [0.1, 0.15) is 38.2 Å². The Hall–Kier alpha value is -1.35. The summed E-state index contributed by atoms with van der Waals surface area (Å²) in [5.41, 5.74) is 1.31. The molecule has 1 fully saturated rings. The van der Waals surface area contributed by atoms with E-state index in [9.17, 15) is 4.79 Å². The van der Waals surface area contributed by atoms with Gasteiger partial charge in [0.2, 0.25) is 5.91 Å². The van der Waals surface area contributed by atoms with Crippen LogP contribution in [0.4, 0.5) is 0 Å². The molecule has 2 N–H and O–H groups in total. The molecule has 0 saturated heterocycles. The van der Waals surface area contributed by atoms with Crippen LogP contribution < -0.4 is 10.6 Å². The summed E-state index contributed by atoms with van der Waals surface area (Å²) in [5, 5.41) is 6.32. The average Bonchev–Trinajstić information content (AvgIpc) is 2.83. The summed E-state index contributed by atoms with van der Waals surface area (Å²) in [7, 11) is 0. The molecule has 0 aromatic heterocycles. The van der Waals surface area contributed by atoms with Crippen molar-refractivity contribution >= 4 is 5.91 Å². The molecule has 0 bridgehead atoms. The molecule has 1 aromatic carbocycles. The van der Waals surface area contributed by atoms with Crippen molar-refractivity contribution in [2.75, 3.05) is 6.54 Å². The number of rotatable bonds is 5. The normalized spacial score (nSPS) is 17.6. The van der Waals surface area contributed by atoms with Gasteiger partial charge in [-0.05, 0) is 25.3 Å². The Morgan fingerprint density at radius 2 is 1.89 bits per heavy atom. The van der Waals surface area contributed by atoms with Gasteiger partial charge in [-0.15, -0.1) is 0 Å². The third kappa shape index (κ3) is 3.84. The number of carbonyl (C=O) groups excluding carboxylic acids is 1. The summed E-state index contributed by atoms with van der Waals surface area (Å²) < 4.78 is 0. The van der Waals surface area contributed by atoms with Crippen molar-refractivity contribution in [2.45, 2.75) is 44.7 Å². The van der Waals surface area contributed by atoms with Gasteiger partial charge in [0.1, 0.15) is 0 Å². The van der Waals surface area contributed by atoms with Gasteiger partial charge in [-0.2, -0.15) is 0 Å². The highest BCUT2D eigenvalue weighted by Gasteiger charge is 2.28. The molecule has 1 aromatic rings. The van der Waals surface area contributed by atoms with Crippen LogP contribution in [0.5, 0.6) is 0 Å². The summed E-state index contributed by atoms with van der Waals surface area (Å²) in [6.07, 6.45) is 4.90. The molecular weight excluding hydrogens is 224 g/mol. The fraction of sp³-hybridized carbons (Fsp3) is 0.533. The lowest BCUT2D eigenvalue weighted by Gasteiger charge is -2.24. The summed E-state index contributed by atoms with van der Waals surface area (Å²) in [4.78, 5) is 11.7. The Kier molecular flexibility index (Phi) is 4.37. The van der Waals surface area contributed by atoms with Crippen LogP contribution in [-0.4, -0.2) is 18.0 Å². The molecule has 1 saturated carbocycles. The third-order valence-electron chi connectivity index (χ3n) is 3.72. The second-order valence-corrected chi connectivity index (χ2v) is 5.38. The SMILES string of the molecule is CC1(NCC(=O)NCc2ccccc2)CCCC1. The molecule has 0 heterocycles. The van der Waals surface area contributed by atoms with E-state index in [0.717, 1.165) is 5.56 Å². The summed E-state index contributed by atoms with van der Waals surface area (Å²) in [6.45, 7) is 3.24. The number of benzene rings is 1. The number of hydrogen-bond donors (Lipinski definition) is 2. The van der Waals surface area contributed by atoms with Gasteiger partial charge < -0.3 is 10.6 Å². The van der Waals surface area contributed by atoms with Gasteiger partial charge in [-0.3, -0.25) is 4.79 Å². The van der Waals surface area contributed by atoms with Gasteiger partial charge in [-0.1, -0.05) is 43.2 Å². The lowest BCUT2D eigenvalue weighted by molar-refractivity contribution is -0.120. The third-order valence-corrected chi connectivity index (χ3v) is 3.72. The van der Waals surface area contributed by atoms with Crippen LogP contribution in [0.25, 0.3) is 0 Å². The van der Waals surface area contributed by atoms with Crippen LogP contribution in [0.2, 0.25) is 0 Å². The number of hydrogen-bond acceptors (Lipinski definition) is 2. The minimum absolute atomic E-state index is 0.0759. The first-order valence-corrected chi connectivity index (χ1v) is 6.74. The van der Waals surface area contributed by atoms with Crippen molar-refractivity contribution in [3.63, 3.8) is 0 Å². The molecule has 2 rings (SSSR count). The van der Waals surface area contributed by atoms with Crippen molar-refractivity contribution in [1.29, 1.82) is 0 Å². The smallest absolute Gasteiger partial charge is 0.234 e. The topological polar surface area (TPSA) is 41.1 Å². The highest BCUT2D eigenvalue weighted by atomic mass is 16.1. The first-order valence-electron chi connectivity index (χ1n) is 6.74. The molecule has 0 unspecified atom stereocenters. The van der Waals surface area contributed by atoms with E-state index < -0.39 is 0 Å². The summed E-state index contributed by atoms with van der Waals surface area (Å²) >= 11 is 0. The van der Waals surface area contributed by atoms with Gasteiger partial charge in [0, 0.05) is 12.1 Å². The zero-order valence-corrected chi connectivity index (χ0v) is 11.0. The molecule has 0 radical (unpaired) electrons. The molecule has 98 valence electrons. The van der Waals surface area contributed by atoms with E-state index in [-0.39, 0.29) is 11.4 Å². The lowest BCUT2D eigenvalue weighted by atomic mass is 10.0. The van der Waals surface area contributed by atoms with E-state index in [4.69, 9.17) is 0 Å². The van der Waals surface area contributed by atoms with E-state index >= 15 is 0 Å². The fourth-order valence-corrected chi connectivity index (χ4v) is 2.48. The number of amides is 1. The molecule has 18 heavy (non-hydrogen) atoms. The largest absolute Gasteiger partial charge is 0.351 e. The van der Waals surface area contributed by atoms with Gasteiger partial charge in [0.25, 0.3) is 0 Å². The molecule has 0 aliphatic heterocycles. The van der Waals surface area contributed by atoms with Crippen LogP contribution in [0.15, 0.2) is 30.3 Å². The maximum atomic E-state index is 11.7. The van der Waals surface area contributed by atoms with Gasteiger partial charge in [-0.25, -0.2) is 0 Å². The molecule has 1 amide bonds. The van der Waals surface area contributed by atoms with E-state index in [0.29, 0.717) is 13.1 Å². The standard InChI is InChI=1S/C15H22N2O/c1-15(9-5-6-10-15)17-12-14(18)16-11-13-7-3-2-4-8-13/h2-4,7-8,17H,5-6,9-12H2,1H3,(H,16,18). The first kappa shape index (κ1) is 13.1. The zero-order valence-electron chi connectivity index (χ0n) is 11.0. The predicted octanol–water partition coefficient (Wildman–Crippen LogP) is 2.23. The Morgan fingerprint density at radius 1 is 1.22 bits per heavy atom. The number of nitrogens with one attached hydrogen (secondary N) is 2. The highest BCUT2D eigenvalue weighted by molar-refractivity contribution is 5.78. The summed E-state index contributed by atoms with van der Waals surface area (Å²) in [5.74, 6) is 0.0759. The fourth-order valence-electron chi connectivity index (χ4n) is 2.48. The van der Waals surface area contributed by atoms with E-state index in [1.807, 2.05) is 30.3 Å². The minimum Gasteiger partial charge on any atom is -0.351 e. The number of carbonyl (C=O) groups is 1. The van der Waals surface area contributed by atoms with Gasteiger partial charge in [0.15, 0.2) is 0 Å². The second kappa shape index (κ2) is 6.01. The molecular formula is C15H22N2O.